The van der Waals surface area contributed by atoms with Crippen molar-refractivity contribution in [2.45, 2.75) is 26.8 Å². The van der Waals surface area contributed by atoms with Crippen molar-refractivity contribution in [3.63, 3.8) is 0 Å². The minimum Gasteiger partial charge on any atom is -0.466 e. The molecule has 0 radical (unpaired) electrons. The van der Waals surface area contributed by atoms with Crippen LogP contribution in [0.3, 0.4) is 0 Å². The maximum Gasteiger partial charge on any atom is 0.258 e. The maximum absolute atomic E-state index is 11.9. The van der Waals surface area contributed by atoms with E-state index >= 15 is 0 Å². The standard InChI is InChI=1S/C11H14N2O2/c1-7(6-12)13(4)11(14)10-5-8(2)15-9(10)3/h5,7H,1-4H3. The summed E-state index contributed by atoms with van der Waals surface area (Å²) in [7, 11) is 1.61. The minimum atomic E-state index is -0.438. The van der Waals surface area contributed by atoms with Crippen LogP contribution in [0.4, 0.5) is 0 Å². The molecule has 15 heavy (non-hydrogen) atoms. The highest BCUT2D eigenvalue weighted by Crippen LogP contribution is 2.16. The van der Waals surface area contributed by atoms with Crippen LogP contribution in [-0.2, 0) is 0 Å². The molecule has 80 valence electrons. The topological polar surface area (TPSA) is 57.2 Å². The molecule has 0 aliphatic rings. The fourth-order valence-electron chi connectivity index (χ4n) is 1.30. The van der Waals surface area contributed by atoms with Crippen LogP contribution in [0.2, 0.25) is 0 Å². The Balaban J connectivity index is 2.96. The highest BCUT2D eigenvalue weighted by Gasteiger charge is 2.20. The Hall–Kier alpha value is -1.76. The second-order valence-corrected chi connectivity index (χ2v) is 3.55. The highest BCUT2D eigenvalue weighted by atomic mass is 16.3. The van der Waals surface area contributed by atoms with Gasteiger partial charge in [0.1, 0.15) is 17.6 Å². The van der Waals surface area contributed by atoms with Gasteiger partial charge in [-0.25, -0.2) is 0 Å². The molecule has 0 aromatic carbocycles. The summed E-state index contributed by atoms with van der Waals surface area (Å²) in [5.74, 6) is 1.11. The highest BCUT2D eigenvalue weighted by molar-refractivity contribution is 5.95. The molecule has 0 aliphatic heterocycles. The maximum atomic E-state index is 11.9. The number of nitrogens with zero attached hydrogens (tertiary/aromatic N) is 2. The third-order valence-electron chi connectivity index (χ3n) is 2.36. The molecule has 0 fully saturated rings. The van der Waals surface area contributed by atoms with E-state index in [4.69, 9.17) is 9.68 Å². The summed E-state index contributed by atoms with van der Waals surface area (Å²) in [6, 6.07) is 3.27. The average molecular weight is 206 g/mol. The summed E-state index contributed by atoms with van der Waals surface area (Å²) in [5.41, 5.74) is 0.525. The fraction of sp³-hybridized carbons (Fsp3) is 0.455. The number of nitriles is 1. The predicted molar refractivity (Wildman–Crippen MR) is 55.4 cm³/mol. The number of hydrogen-bond acceptors (Lipinski definition) is 3. The van der Waals surface area contributed by atoms with Gasteiger partial charge in [-0.1, -0.05) is 0 Å². The Labute approximate surface area is 89.1 Å². The number of furan rings is 1. The minimum absolute atomic E-state index is 0.182. The van der Waals surface area contributed by atoms with E-state index in [-0.39, 0.29) is 5.91 Å². The molecule has 0 aliphatic carbocycles. The Bertz CT molecular complexity index is 415. The van der Waals surface area contributed by atoms with E-state index in [1.165, 1.54) is 4.90 Å². The van der Waals surface area contributed by atoms with Crippen LogP contribution < -0.4 is 0 Å². The first-order chi connectivity index (χ1) is 6.97. The molecule has 1 atom stereocenters. The Morgan fingerprint density at radius 3 is 2.60 bits per heavy atom. The zero-order chi connectivity index (χ0) is 11.6. The van der Waals surface area contributed by atoms with Gasteiger partial charge in [-0.3, -0.25) is 4.79 Å². The van der Waals surface area contributed by atoms with E-state index in [0.717, 1.165) is 0 Å². The van der Waals surface area contributed by atoms with Gasteiger partial charge in [0.15, 0.2) is 0 Å². The molecular weight excluding hydrogens is 192 g/mol. The van der Waals surface area contributed by atoms with Gasteiger partial charge in [-0.05, 0) is 26.8 Å². The lowest BCUT2D eigenvalue weighted by atomic mass is 10.2. The lowest BCUT2D eigenvalue weighted by molar-refractivity contribution is 0.0771. The number of amides is 1. The van der Waals surface area contributed by atoms with E-state index in [1.54, 1.807) is 33.9 Å². The van der Waals surface area contributed by atoms with Crippen molar-refractivity contribution < 1.29 is 9.21 Å². The lowest BCUT2D eigenvalue weighted by Crippen LogP contribution is -2.34. The van der Waals surface area contributed by atoms with Crippen molar-refractivity contribution in [3.05, 3.63) is 23.2 Å². The molecule has 1 rings (SSSR count). The van der Waals surface area contributed by atoms with Crippen LogP contribution >= 0.6 is 0 Å². The zero-order valence-electron chi connectivity index (χ0n) is 9.37. The largest absolute Gasteiger partial charge is 0.466 e. The summed E-state index contributed by atoms with van der Waals surface area (Å²) in [6.07, 6.45) is 0. The van der Waals surface area contributed by atoms with Crippen LogP contribution in [0.15, 0.2) is 10.5 Å². The molecule has 0 saturated carbocycles. The molecule has 1 unspecified atom stereocenters. The van der Waals surface area contributed by atoms with E-state index in [1.807, 2.05) is 6.07 Å². The first kappa shape index (κ1) is 11.3. The number of carbonyl (C=O) groups is 1. The molecule has 1 aromatic rings. The Morgan fingerprint density at radius 2 is 2.20 bits per heavy atom. The number of hydrogen-bond donors (Lipinski definition) is 0. The van der Waals surface area contributed by atoms with Crippen molar-refractivity contribution in [1.82, 2.24) is 4.90 Å². The molecule has 0 N–H and O–H groups in total. The molecule has 4 nitrogen and oxygen atoms in total. The molecular formula is C11H14N2O2. The van der Waals surface area contributed by atoms with E-state index in [0.29, 0.717) is 17.1 Å². The van der Waals surface area contributed by atoms with E-state index in [2.05, 4.69) is 0 Å². The SMILES string of the molecule is Cc1cc(C(=O)N(C)C(C)C#N)c(C)o1. The van der Waals surface area contributed by atoms with Crippen molar-refractivity contribution in [1.29, 1.82) is 5.26 Å². The van der Waals surface area contributed by atoms with Crippen LogP contribution in [-0.4, -0.2) is 23.9 Å². The fourth-order valence-corrected chi connectivity index (χ4v) is 1.30. The van der Waals surface area contributed by atoms with Crippen LogP contribution in [0.1, 0.15) is 28.8 Å². The third-order valence-corrected chi connectivity index (χ3v) is 2.36. The second kappa shape index (κ2) is 4.18. The molecule has 0 saturated heterocycles. The van der Waals surface area contributed by atoms with Gasteiger partial charge in [0.05, 0.1) is 11.6 Å². The van der Waals surface area contributed by atoms with Gasteiger partial charge >= 0.3 is 0 Å². The first-order valence-corrected chi connectivity index (χ1v) is 4.71. The normalized spacial score (nSPS) is 11.9. The lowest BCUT2D eigenvalue weighted by Gasteiger charge is -2.18. The van der Waals surface area contributed by atoms with Gasteiger partial charge in [0, 0.05) is 7.05 Å². The Kier molecular flexibility index (Phi) is 3.15. The second-order valence-electron chi connectivity index (χ2n) is 3.55. The zero-order valence-corrected chi connectivity index (χ0v) is 9.37. The summed E-state index contributed by atoms with van der Waals surface area (Å²) in [6.45, 7) is 5.21. The smallest absolute Gasteiger partial charge is 0.258 e. The van der Waals surface area contributed by atoms with Crippen molar-refractivity contribution in [3.8, 4) is 6.07 Å². The molecule has 1 aromatic heterocycles. The quantitative estimate of drug-likeness (QED) is 0.742. The van der Waals surface area contributed by atoms with Crippen molar-refractivity contribution in [2.75, 3.05) is 7.05 Å². The van der Waals surface area contributed by atoms with Gasteiger partial charge in [0.25, 0.3) is 5.91 Å². The van der Waals surface area contributed by atoms with Crippen LogP contribution in [0, 0.1) is 25.2 Å². The van der Waals surface area contributed by atoms with E-state index in [9.17, 15) is 4.79 Å². The molecule has 1 amide bonds. The van der Waals surface area contributed by atoms with Gasteiger partial charge in [0.2, 0.25) is 0 Å². The summed E-state index contributed by atoms with van der Waals surface area (Å²) in [4.78, 5) is 13.3. The van der Waals surface area contributed by atoms with Crippen molar-refractivity contribution >= 4 is 5.91 Å². The van der Waals surface area contributed by atoms with Gasteiger partial charge in [-0.2, -0.15) is 5.26 Å². The summed E-state index contributed by atoms with van der Waals surface area (Å²) < 4.78 is 5.27. The first-order valence-electron chi connectivity index (χ1n) is 4.71. The monoisotopic (exact) mass is 206 g/mol. The number of aryl methyl sites for hydroxylation is 2. The van der Waals surface area contributed by atoms with Gasteiger partial charge < -0.3 is 9.32 Å². The molecule has 0 spiro atoms. The van der Waals surface area contributed by atoms with E-state index < -0.39 is 6.04 Å². The Morgan fingerprint density at radius 1 is 1.60 bits per heavy atom. The third kappa shape index (κ3) is 2.18. The average Bonchev–Trinajstić information content (AvgIpc) is 2.54. The predicted octanol–water partition coefficient (Wildman–Crippen LogP) is 1.88. The molecule has 4 heteroatoms. The van der Waals surface area contributed by atoms with Crippen LogP contribution in [0.25, 0.3) is 0 Å². The van der Waals surface area contributed by atoms with Crippen molar-refractivity contribution in [2.24, 2.45) is 0 Å². The summed E-state index contributed by atoms with van der Waals surface area (Å²) in [5, 5.41) is 8.71. The van der Waals surface area contributed by atoms with Gasteiger partial charge in [-0.15, -0.1) is 0 Å². The number of carbonyl (C=O) groups excluding carboxylic acids is 1. The number of rotatable bonds is 2. The molecule has 1 heterocycles. The molecule has 0 bridgehead atoms. The van der Waals surface area contributed by atoms with Crippen LogP contribution in [0.5, 0.6) is 0 Å². The summed E-state index contributed by atoms with van der Waals surface area (Å²) >= 11 is 0.